The first kappa shape index (κ1) is 16.3. The lowest BCUT2D eigenvalue weighted by molar-refractivity contribution is -0.142. The van der Waals surface area contributed by atoms with Gasteiger partial charge in [0, 0.05) is 26.2 Å². The SMILES string of the molecule is O=C(O)C1CCN(S(=O)(=O)N(CCO)CCO)CC1. The Balaban J connectivity index is 2.70. The summed E-state index contributed by atoms with van der Waals surface area (Å²) in [7, 11) is -3.74. The molecule has 0 aliphatic carbocycles. The first-order valence-corrected chi connectivity index (χ1v) is 7.53. The summed E-state index contributed by atoms with van der Waals surface area (Å²) in [6.07, 6.45) is 0.557. The van der Waals surface area contributed by atoms with Crippen LogP contribution in [-0.2, 0) is 15.0 Å². The molecule has 0 radical (unpaired) electrons. The van der Waals surface area contributed by atoms with Crippen LogP contribution in [0.5, 0.6) is 0 Å². The van der Waals surface area contributed by atoms with Gasteiger partial charge < -0.3 is 15.3 Å². The lowest BCUT2D eigenvalue weighted by atomic mass is 9.99. The van der Waals surface area contributed by atoms with Gasteiger partial charge in [-0.1, -0.05) is 0 Å². The van der Waals surface area contributed by atoms with Crippen LogP contribution in [0, 0.1) is 5.92 Å². The van der Waals surface area contributed by atoms with Crippen LogP contribution in [0.1, 0.15) is 12.8 Å². The van der Waals surface area contributed by atoms with E-state index in [1.165, 1.54) is 4.31 Å². The van der Waals surface area contributed by atoms with Crippen LogP contribution in [0.25, 0.3) is 0 Å². The van der Waals surface area contributed by atoms with Gasteiger partial charge in [-0.25, -0.2) is 0 Å². The van der Waals surface area contributed by atoms with Crippen LogP contribution >= 0.6 is 0 Å². The summed E-state index contributed by atoms with van der Waals surface area (Å²) in [6.45, 7) is -0.529. The highest BCUT2D eigenvalue weighted by Crippen LogP contribution is 2.21. The quantitative estimate of drug-likeness (QED) is 0.516. The number of rotatable bonds is 7. The van der Waals surface area contributed by atoms with Crippen molar-refractivity contribution in [3.8, 4) is 0 Å². The molecule has 0 unspecified atom stereocenters. The van der Waals surface area contributed by atoms with E-state index in [4.69, 9.17) is 15.3 Å². The largest absolute Gasteiger partial charge is 0.481 e. The number of carboxylic acids is 1. The molecular weight excluding hydrogens is 276 g/mol. The minimum absolute atomic E-state index is 0.0816. The van der Waals surface area contributed by atoms with E-state index in [1.54, 1.807) is 0 Å². The molecule has 1 heterocycles. The summed E-state index contributed by atoms with van der Waals surface area (Å²) in [5.74, 6) is -1.41. The monoisotopic (exact) mass is 296 g/mol. The first-order chi connectivity index (χ1) is 8.93. The number of carbonyl (C=O) groups is 1. The molecule has 9 heteroatoms. The Morgan fingerprint density at radius 2 is 1.63 bits per heavy atom. The van der Waals surface area contributed by atoms with Gasteiger partial charge in [-0.15, -0.1) is 0 Å². The molecule has 8 nitrogen and oxygen atoms in total. The van der Waals surface area contributed by atoms with Gasteiger partial charge in [0.05, 0.1) is 19.1 Å². The van der Waals surface area contributed by atoms with Crippen LogP contribution in [-0.4, -0.2) is 77.7 Å². The Hall–Kier alpha value is -0.740. The predicted octanol–water partition coefficient (Wildman–Crippen LogP) is -1.69. The van der Waals surface area contributed by atoms with E-state index in [9.17, 15) is 13.2 Å². The van der Waals surface area contributed by atoms with Gasteiger partial charge in [0.1, 0.15) is 0 Å². The fraction of sp³-hybridized carbons (Fsp3) is 0.900. The third kappa shape index (κ3) is 4.11. The molecular formula is C10H20N2O6S. The van der Waals surface area contributed by atoms with Gasteiger partial charge in [-0.05, 0) is 12.8 Å². The van der Waals surface area contributed by atoms with Gasteiger partial charge in [0.2, 0.25) is 0 Å². The van der Waals surface area contributed by atoms with Gasteiger partial charge >= 0.3 is 5.97 Å². The second kappa shape index (κ2) is 7.15. The molecule has 0 amide bonds. The van der Waals surface area contributed by atoms with Crippen molar-refractivity contribution < 1.29 is 28.5 Å². The normalized spacial score (nSPS) is 18.9. The zero-order valence-electron chi connectivity index (χ0n) is 10.6. The average Bonchev–Trinajstić information content (AvgIpc) is 2.38. The second-order valence-electron chi connectivity index (χ2n) is 4.37. The van der Waals surface area contributed by atoms with Crippen molar-refractivity contribution in [3.05, 3.63) is 0 Å². The van der Waals surface area contributed by atoms with Crippen molar-refractivity contribution in [1.29, 1.82) is 0 Å². The number of piperidine rings is 1. The summed E-state index contributed by atoms with van der Waals surface area (Å²) in [5.41, 5.74) is 0. The number of hydrogen-bond donors (Lipinski definition) is 3. The standard InChI is InChI=1S/C10H20N2O6S/c13-7-5-12(6-8-14)19(17,18)11-3-1-9(2-4-11)10(15)16/h9,13-14H,1-8H2,(H,15,16). The lowest BCUT2D eigenvalue weighted by Crippen LogP contribution is -2.49. The van der Waals surface area contributed by atoms with Crippen LogP contribution in [0.15, 0.2) is 0 Å². The van der Waals surface area contributed by atoms with Crippen molar-refractivity contribution in [2.45, 2.75) is 12.8 Å². The van der Waals surface area contributed by atoms with E-state index in [0.717, 1.165) is 4.31 Å². The molecule has 0 atom stereocenters. The number of aliphatic hydroxyl groups excluding tert-OH is 2. The molecule has 0 saturated carbocycles. The molecule has 1 aliphatic heterocycles. The Morgan fingerprint density at radius 3 is 2.00 bits per heavy atom. The minimum Gasteiger partial charge on any atom is -0.481 e. The van der Waals surface area contributed by atoms with Crippen molar-refractivity contribution in [2.75, 3.05) is 39.4 Å². The Morgan fingerprint density at radius 1 is 1.16 bits per heavy atom. The van der Waals surface area contributed by atoms with Crippen molar-refractivity contribution >= 4 is 16.2 Å². The van der Waals surface area contributed by atoms with E-state index in [0.29, 0.717) is 0 Å². The van der Waals surface area contributed by atoms with Crippen LogP contribution < -0.4 is 0 Å². The predicted molar refractivity (Wildman–Crippen MR) is 66.6 cm³/mol. The lowest BCUT2D eigenvalue weighted by Gasteiger charge is -2.33. The zero-order valence-corrected chi connectivity index (χ0v) is 11.4. The fourth-order valence-corrected chi connectivity index (χ4v) is 3.69. The third-order valence-electron chi connectivity index (χ3n) is 3.15. The van der Waals surface area contributed by atoms with Gasteiger partial charge in [-0.3, -0.25) is 4.79 Å². The molecule has 0 aromatic carbocycles. The zero-order chi connectivity index (χ0) is 14.5. The molecule has 0 aromatic heterocycles. The highest BCUT2D eigenvalue weighted by Gasteiger charge is 2.34. The number of aliphatic hydroxyl groups is 2. The molecule has 19 heavy (non-hydrogen) atoms. The van der Waals surface area contributed by atoms with Crippen LogP contribution in [0.2, 0.25) is 0 Å². The summed E-state index contributed by atoms with van der Waals surface area (Å²) in [6, 6.07) is 0. The molecule has 112 valence electrons. The van der Waals surface area contributed by atoms with Gasteiger partial charge in [0.15, 0.2) is 0 Å². The van der Waals surface area contributed by atoms with Gasteiger partial charge in [0.25, 0.3) is 10.2 Å². The van der Waals surface area contributed by atoms with Crippen LogP contribution in [0.3, 0.4) is 0 Å². The van der Waals surface area contributed by atoms with E-state index < -0.39 is 22.1 Å². The van der Waals surface area contributed by atoms with Crippen LogP contribution in [0.4, 0.5) is 0 Å². The summed E-state index contributed by atoms with van der Waals surface area (Å²) in [4.78, 5) is 10.8. The van der Waals surface area contributed by atoms with Crippen molar-refractivity contribution in [1.82, 2.24) is 8.61 Å². The first-order valence-electron chi connectivity index (χ1n) is 6.13. The van der Waals surface area contributed by atoms with Crippen molar-refractivity contribution in [2.24, 2.45) is 5.92 Å². The number of nitrogens with zero attached hydrogens (tertiary/aromatic N) is 2. The highest BCUT2D eigenvalue weighted by molar-refractivity contribution is 7.86. The van der Waals surface area contributed by atoms with Crippen molar-refractivity contribution in [3.63, 3.8) is 0 Å². The summed E-state index contributed by atoms with van der Waals surface area (Å²) >= 11 is 0. The number of hydrogen-bond acceptors (Lipinski definition) is 5. The molecule has 1 rings (SSSR count). The topological polar surface area (TPSA) is 118 Å². The fourth-order valence-electron chi connectivity index (χ4n) is 2.06. The molecule has 0 bridgehead atoms. The Labute approximate surface area is 112 Å². The maximum atomic E-state index is 12.2. The average molecular weight is 296 g/mol. The molecule has 3 N–H and O–H groups in total. The van der Waals surface area contributed by atoms with E-state index in [1.807, 2.05) is 0 Å². The molecule has 0 aromatic rings. The minimum atomic E-state index is -3.74. The Kier molecular flexibility index (Phi) is 6.14. The second-order valence-corrected chi connectivity index (χ2v) is 6.29. The van der Waals surface area contributed by atoms with E-state index in [2.05, 4.69) is 0 Å². The summed E-state index contributed by atoms with van der Waals surface area (Å²) in [5, 5.41) is 26.6. The van der Waals surface area contributed by atoms with Gasteiger partial charge in [-0.2, -0.15) is 17.0 Å². The molecule has 1 fully saturated rings. The molecule has 1 saturated heterocycles. The smallest absolute Gasteiger partial charge is 0.306 e. The van der Waals surface area contributed by atoms with E-state index in [-0.39, 0.29) is 52.2 Å². The molecule has 0 spiro atoms. The summed E-state index contributed by atoms with van der Waals surface area (Å²) < 4.78 is 26.7. The number of aliphatic carboxylic acids is 1. The molecule has 1 aliphatic rings. The number of carboxylic acid groups (broad SMARTS) is 1. The Bertz CT molecular complexity index is 385. The highest BCUT2D eigenvalue weighted by atomic mass is 32.2. The maximum absolute atomic E-state index is 12.2. The third-order valence-corrected chi connectivity index (χ3v) is 5.19. The van der Waals surface area contributed by atoms with E-state index >= 15 is 0 Å². The maximum Gasteiger partial charge on any atom is 0.306 e.